The van der Waals surface area contributed by atoms with Gasteiger partial charge in [0.2, 0.25) is 10.0 Å². The lowest BCUT2D eigenvalue weighted by Crippen LogP contribution is -2.45. The molecule has 1 N–H and O–H groups in total. The van der Waals surface area contributed by atoms with Crippen LogP contribution >= 0.6 is 11.8 Å². The van der Waals surface area contributed by atoms with E-state index in [1.54, 1.807) is 11.8 Å². The SMILES string of the molecule is C=C(C)C(=O)OCC(=O)OC1C2CC3C(S2)C1NS3(=O)=O. The standard InChI is InChI=1S/C12H15NO6S2/c1-5(2)12(15)18-4-8(14)19-10-6-3-7-11(20-6)9(10)13-21(7,16)17/h6-7,9-11,13H,1,3-4H2,2H3. The molecule has 3 heterocycles. The summed E-state index contributed by atoms with van der Waals surface area (Å²) in [6.07, 6.45) is -0.00504. The summed E-state index contributed by atoms with van der Waals surface area (Å²) < 4.78 is 36.3. The van der Waals surface area contributed by atoms with Crippen molar-refractivity contribution in [3.63, 3.8) is 0 Å². The molecule has 3 rings (SSSR count). The third-order valence-corrected chi connectivity index (χ3v) is 7.68. The van der Waals surface area contributed by atoms with Crippen LogP contribution in [0, 0.1) is 0 Å². The number of sulfonamides is 1. The predicted octanol–water partition coefficient (Wildman–Crippen LogP) is -0.425. The monoisotopic (exact) mass is 333 g/mol. The molecular weight excluding hydrogens is 318 g/mol. The molecule has 2 bridgehead atoms. The Morgan fingerprint density at radius 3 is 2.81 bits per heavy atom. The second-order valence-electron chi connectivity index (χ2n) is 5.41. The second kappa shape index (κ2) is 4.99. The molecule has 5 unspecified atom stereocenters. The Labute approximate surface area is 126 Å². The molecule has 0 radical (unpaired) electrons. The Morgan fingerprint density at radius 1 is 1.43 bits per heavy atom. The molecule has 0 amide bonds. The Bertz CT molecular complexity index is 615. The molecule has 3 aliphatic rings. The molecular formula is C12H15NO6S2. The molecule has 0 saturated carbocycles. The summed E-state index contributed by atoms with van der Waals surface area (Å²) in [4.78, 5) is 22.9. The van der Waals surface area contributed by atoms with Gasteiger partial charge in [0.15, 0.2) is 6.61 Å². The topological polar surface area (TPSA) is 98.8 Å². The van der Waals surface area contributed by atoms with Crippen LogP contribution in [0.3, 0.4) is 0 Å². The van der Waals surface area contributed by atoms with Gasteiger partial charge in [-0.3, -0.25) is 0 Å². The predicted molar refractivity (Wildman–Crippen MR) is 75.1 cm³/mol. The van der Waals surface area contributed by atoms with Crippen LogP contribution in [0.25, 0.3) is 0 Å². The van der Waals surface area contributed by atoms with Crippen molar-refractivity contribution in [2.45, 2.75) is 41.2 Å². The summed E-state index contributed by atoms with van der Waals surface area (Å²) in [5.41, 5.74) is 0.199. The van der Waals surface area contributed by atoms with E-state index in [0.717, 1.165) is 0 Å². The van der Waals surface area contributed by atoms with E-state index in [-0.39, 0.29) is 27.4 Å². The normalized spacial score (nSPS) is 38.2. The Hall–Kier alpha value is -1.06. The van der Waals surface area contributed by atoms with Gasteiger partial charge >= 0.3 is 11.9 Å². The lowest BCUT2D eigenvalue weighted by molar-refractivity contribution is -0.161. The van der Waals surface area contributed by atoms with Gasteiger partial charge in [-0.25, -0.2) is 22.7 Å². The first-order valence-electron chi connectivity index (χ1n) is 6.48. The quantitative estimate of drug-likeness (QED) is 0.551. The van der Waals surface area contributed by atoms with E-state index in [1.165, 1.54) is 6.92 Å². The van der Waals surface area contributed by atoms with Crippen molar-refractivity contribution in [1.29, 1.82) is 0 Å². The number of nitrogens with one attached hydrogen (secondary N) is 1. The van der Waals surface area contributed by atoms with E-state index in [1.807, 2.05) is 0 Å². The van der Waals surface area contributed by atoms with E-state index >= 15 is 0 Å². The van der Waals surface area contributed by atoms with Crippen molar-refractivity contribution >= 4 is 33.7 Å². The van der Waals surface area contributed by atoms with Crippen molar-refractivity contribution in [3.05, 3.63) is 12.2 Å². The Morgan fingerprint density at radius 2 is 2.14 bits per heavy atom. The first-order valence-corrected chi connectivity index (χ1v) is 8.97. The van der Waals surface area contributed by atoms with Gasteiger partial charge in [0.05, 0.1) is 11.3 Å². The second-order valence-corrected chi connectivity index (χ2v) is 8.77. The van der Waals surface area contributed by atoms with Crippen LogP contribution in [0.1, 0.15) is 13.3 Å². The number of esters is 2. The van der Waals surface area contributed by atoms with Crippen LogP contribution in [0.15, 0.2) is 12.2 Å². The van der Waals surface area contributed by atoms with E-state index in [4.69, 9.17) is 9.47 Å². The van der Waals surface area contributed by atoms with Crippen LogP contribution in [0.4, 0.5) is 0 Å². The summed E-state index contributed by atoms with van der Waals surface area (Å²) in [6, 6.07) is -0.371. The Kier molecular flexibility index (Phi) is 3.53. The summed E-state index contributed by atoms with van der Waals surface area (Å²) in [5, 5.41) is -0.458. The summed E-state index contributed by atoms with van der Waals surface area (Å²) >= 11 is 1.55. The minimum absolute atomic E-state index is 0.0180. The highest BCUT2D eigenvalue weighted by atomic mass is 32.2. The fourth-order valence-electron chi connectivity index (χ4n) is 2.95. The van der Waals surface area contributed by atoms with Crippen molar-refractivity contribution in [1.82, 2.24) is 4.72 Å². The Balaban J connectivity index is 1.59. The molecule has 0 aromatic rings. The van der Waals surface area contributed by atoms with Gasteiger partial charge in [0, 0.05) is 16.1 Å². The smallest absolute Gasteiger partial charge is 0.344 e. The maximum absolute atomic E-state index is 11.9. The highest BCUT2D eigenvalue weighted by Crippen LogP contribution is 2.53. The van der Waals surface area contributed by atoms with Crippen molar-refractivity contribution in [2.75, 3.05) is 6.61 Å². The number of thioether (sulfide) groups is 1. The van der Waals surface area contributed by atoms with E-state index in [0.29, 0.717) is 6.42 Å². The molecule has 5 atom stereocenters. The summed E-state index contributed by atoms with van der Waals surface area (Å²) in [5.74, 6) is -1.33. The number of hydrogen-bond donors (Lipinski definition) is 1. The van der Waals surface area contributed by atoms with E-state index in [2.05, 4.69) is 11.3 Å². The average molecular weight is 333 g/mol. The third-order valence-electron chi connectivity index (χ3n) is 3.87. The van der Waals surface area contributed by atoms with Gasteiger partial charge in [-0.05, 0) is 13.3 Å². The van der Waals surface area contributed by atoms with Gasteiger partial charge in [-0.1, -0.05) is 6.58 Å². The summed E-state index contributed by atoms with van der Waals surface area (Å²) in [7, 11) is -3.30. The van der Waals surface area contributed by atoms with Gasteiger partial charge in [-0.2, -0.15) is 0 Å². The maximum atomic E-state index is 11.9. The highest BCUT2D eigenvalue weighted by molar-refractivity contribution is 8.03. The molecule has 0 aliphatic carbocycles. The third kappa shape index (κ3) is 2.47. The molecule has 116 valence electrons. The van der Waals surface area contributed by atoms with Crippen LogP contribution in [0.5, 0.6) is 0 Å². The van der Waals surface area contributed by atoms with Crippen molar-refractivity contribution in [3.8, 4) is 0 Å². The zero-order valence-corrected chi connectivity index (χ0v) is 12.9. The van der Waals surface area contributed by atoms with E-state index in [9.17, 15) is 18.0 Å². The number of carbonyl (C=O) groups is 2. The minimum atomic E-state index is -3.30. The van der Waals surface area contributed by atoms with E-state index < -0.39 is 34.7 Å². The minimum Gasteiger partial charge on any atom is -0.457 e. The number of fused-ring (bicyclic) bond motifs is 1. The fourth-order valence-corrected chi connectivity index (χ4v) is 7.39. The number of hydrogen-bond acceptors (Lipinski definition) is 7. The molecule has 21 heavy (non-hydrogen) atoms. The zero-order chi connectivity index (χ0) is 15.4. The first-order chi connectivity index (χ1) is 9.79. The van der Waals surface area contributed by atoms with Gasteiger partial charge < -0.3 is 9.47 Å². The average Bonchev–Trinajstić information content (AvgIpc) is 2.99. The summed E-state index contributed by atoms with van der Waals surface area (Å²) in [6.45, 7) is 4.39. The van der Waals surface area contributed by atoms with Crippen molar-refractivity contribution < 1.29 is 27.5 Å². The fraction of sp³-hybridized carbons (Fsp3) is 0.667. The number of carbonyl (C=O) groups excluding carboxylic acids is 2. The maximum Gasteiger partial charge on any atom is 0.344 e. The zero-order valence-electron chi connectivity index (χ0n) is 11.3. The van der Waals surface area contributed by atoms with Crippen LogP contribution in [0.2, 0.25) is 0 Å². The molecule has 0 aromatic carbocycles. The van der Waals surface area contributed by atoms with Crippen LogP contribution < -0.4 is 4.72 Å². The molecule has 3 fully saturated rings. The lowest BCUT2D eigenvalue weighted by Gasteiger charge is -2.24. The molecule has 3 aliphatic heterocycles. The number of ether oxygens (including phenoxy) is 2. The van der Waals surface area contributed by atoms with Crippen LogP contribution in [-0.2, 0) is 29.1 Å². The highest BCUT2D eigenvalue weighted by Gasteiger charge is 2.64. The van der Waals surface area contributed by atoms with Crippen LogP contribution in [-0.4, -0.2) is 54.9 Å². The molecule has 9 heteroatoms. The molecule has 3 saturated heterocycles. The van der Waals surface area contributed by atoms with Gasteiger partial charge in [0.25, 0.3) is 0 Å². The molecule has 0 aromatic heterocycles. The molecule has 0 spiro atoms. The first kappa shape index (κ1) is 14.9. The van der Waals surface area contributed by atoms with Gasteiger partial charge in [-0.15, -0.1) is 11.8 Å². The van der Waals surface area contributed by atoms with Crippen molar-refractivity contribution in [2.24, 2.45) is 0 Å². The molecule has 7 nitrogen and oxygen atoms in total. The lowest BCUT2D eigenvalue weighted by atomic mass is 9.93. The van der Waals surface area contributed by atoms with Gasteiger partial charge in [0.1, 0.15) is 6.10 Å². The largest absolute Gasteiger partial charge is 0.457 e. The number of rotatable bonds is 4.